The summed E-state index contributed by atoms with van der Waals surface area (Å²) < 4.78 is 4.70. The maximum atomic E-state index is 11.5. The number of aryl methyl sites for hydroxylation is 1. The molecule has 0 spiro atoms. The monoisotopic (exact) mass is 348 g/mol. The third-order valence-corrected chi connectivity index (χ3v) is 3.73. The number of esters is 1. The molecule has 0 atom stereocenters. The molecule has 1 heterocycles. The van der Waals surface area contributed by atoms with E-state index in [2.05, 4.69) is 32.7 Å². The molecule has 0 bridgehead atoms. The molecule has 3 rings (SSSR count). The molecule has 0 amide bonds. The van der Waals surface area contributed by atoms with E-state index in [-0.39, 0.29) is 5.97 Å². The van der Waals surface area contributed by atoms with Crippen LogP contribution >= 0.6 is 0 Å². The number of carbonyl (C=O) groups is 1. The molecule has 2 aromatic carbocycles. The number of benzene rings is 2. The van der Waals surface area contributed by atoms with E-state index in [1.807, 2.05) is 31.2 Å². The molecule has 0 aliphatic rings. The number of aromatic nitrogens is 2. The van der Waals surface area contributed by atoms with Crippen molar-refractivity contribution >= 4 is 23.4 Å². The molecule has 1 aromatic heterocycles. The summed E-state index contributed by atoms with van der Waals surface area (Å²) in [7, 11) is 1.36. The second kappa shape index (κ2) is 8.11. The molecule has 0 fully saturated rings. The van der Waals surface area contributed by atoms with Crippen LogP contribution in [0.4, 0.5) is 17.5 Å². The van der Waals surface area contributed by atoms with E-state index in [9.17, 15) is 4.79 Å². The van der Waals surface area contributed by atoms with Crippen LogP contribution in [0.3, 0.4) is 0 Å². The van der Waals surface area contributed by atoms with Crippen LogP contribution in [0.1, 0.15) is 21.6 Å². The highest BCUT2D eigenvalue weighted by Gasteiger charge is 2.06. The maximum Gasteiger partial charge on any atom is 0.337 e. The van der Waals surface area contributed by atoms with Crippen LogP contribution in [-0.2, 0) is 11.3 Å². The summed E-state index contributed by atoms with van der Waals surface area (Å²) >= 11 is 0. The number of rotatable bonds is 6. The first-order chi connectivity index (χ1) is 12.6. The van der Waals surface area contributed by atoms with Gasteiger partial charge in [-0.15, -0.1) is 0 Å². The molecule has 0 saturated heterocycles. The van der Waals surface area contributed by atoms with Gasteiger partial charge in [0.1, 0.15) is 5.82 Å². The van der Waals surface area contributed by atoms with Gasteiger partial charge in [0.25, 0.3) is 0 Å². The van der Waals surface area contributed by atoms with E-state index >= 15 is 0 Å². The maximum absolute atomic E-state index is 11.5. The zero-order valence-corrected chi connectivity index (χ0v) is 14.7. The molecule has 6 heteroatoms. The third kappa shape index (κ3) is 4.57. The van der Waals surface area contributed by atoms with Crippen molar-refractivity contribution in [2.24, 2.45) is 0 Å². The number of hydrogen-bond acceptors (Lipinski definition) is 6. The molecule has 0 aliphatic carbocycles. The molecule has 2 N–H and O–H groups in total. The van der Waals surface area contributed by atoms with Crippen molar-refractivity contribution in [1.29, 1.82) is 0 Å². The highest BCUT2D eigenvalue weighted by atomic mass is 16.5. The summed E-state index contributed by atoms with van der Waals surface area (Å²) in [5, 5.41) is 6.46. The van der Waals surface area contributed by atoms with E-state index in [0.717, 1.165) is 17.2 Å². The van der Waals surface area contributed by atoms with Gasteiger partial charge in [0.2, 0.25) is 5.95 Å². The van der Waals surface area contributed by atoms with E-state index in [1.165, 1.54) is 12.7 Å². The summed E-state index contributed by atoms with van der Waals surface area (Å²) in [5.74, 6) is 0.872. The number of anilines is 3. The van der Waals surface area contributed by atoms with Gasteiger partial charge < -0.3 is 15.4 Å². The molecule has 6 nitrogen and oxygen atoms in total. The third-order valence-electron chi connectivity index (χ3n) is 3.73. The van der Waals surface area contributed by atoms with Crippen molar-refractivity contribution in [2.45, 2.75) is 13.5 Å². The van der Waals surface area contributed by atoms with Crippen molar-refractivity contribution in [3.8, 4) is 0 Å². The summed E-state index contributed by atoms with van der Waals surface area (Å²) in [4.78, 5) is 20.4. The van der Waals surface area contributed by atoms with Crippen molar-refractivity contribution < 1.29 is 9.53 Å². The van der Waals surface area contributed by atoms with Gasteiger partial charge in [-0.25, -0.2) is 9.78 Å². The summed E-state index contributed by atoms with van der Waals surface area (Å²) in [6, 6.07) is 19.0. The molecule has 0 unspecified atom stereocenters. The van der Waals surface area contributed by atoms with Crippen LogP contribution in [0.15, 0.2) is 60.7 Å². The predicted octanol–water partition coefficient (Wildman–Crippen LogP) is 3.93. The molecule has 3 aromatic rings. The normalized spacial score (nSPS) is 10.2. The first kappa shape index (κ1) is 17.4. The highest BCUT2D eigenvalue weighted by Crippen LogP contribution is 2.17. The number of ether oxygens (including phenoxy) is 1. The van der Waals surface area contributed by atoms with Gasteiger partial charge in [-0.05, 0) is 36.8 Å². The summed E-state index contributed by atoms with van der Waals surface area (Å²) in [6.45, 7) is 2.60. The van der Waals surface area contributed by atoms with Crippen LogP contribution < -0.4 is 10.6 Å². The fourth-order valence-corrected chi connectivity index (χ4v) is 2.44. The molecular formula is C20H20N4O2. The lowest BCUT2D eigenvalue weighted by Crippen LogP contribution is -2.06. The highest BCUT2D eigenvalue weighted by molar-refractivity contribution is 5.89. The Morgan fingerprint density at radius 2 is 1.77 bits per heavy atom. The molecule has 0 aliphatic heterocycles. The fraction of sp³-hybridized carbons (Fsp3) is 0.150. The molecule has 132 valence electrons. The van der Waals surface area contributed by atoms with Gasteiger partial charge in [-0.3, -0.25) is 0 Å². The smallest absolute Gasteiger partial charge is 0.337 e. The Morgan fingerprint density at radius 3 is 2.46 bits per heavy atom. The Morgan fingerprint density at radius 1 is 1.04 bits per heavy atom. The van der Waals surface area contributed by atoms with Crippen LogP contribution in [0.25, 0.3) is 0 Å². The van der Waals surface area contributed by atoms with E-state index in [0.29, 0.717) is 18.1 Å². The molecule has 26 heavy (non-hydrogen) atoms. The standard InChI is InChI=1S/C20H20N4O2/c1-14-12-18(21-13-15-6-4-3-5-7-15)24-20(22-14)23-17-10-8-16(9-11-17)19(25)26-2/h3-12H,13H2,1-2H3,(H2,21,22,23,24). The number of nitrogens with zero attached hydrogens (tertiary/aromatic N) is 2. The van der Waals surface area contributed by atoms with Crippen molar-refractivity contribution in [2.75, 3.05) is 17.7 Å². The number of methoxy groups -OCH3 is 1. The van der Waals surface area contributed by atoms with Gasteiger partial charge in [-0.1, -0.05) is 30.3 Å². The number of nitrogens with one attached hydrogen (secondary N) is 2. The predicted molar refractivity (Wildman–Crippen MR) is 102 cm³/mol. The average Bonchev–Trinajstić information content (AvgIpc) is 2.67. The van der Waals surface area contributed by atoms with Gasteiger partial charge in [-0.2, -0.15) is 4.98 Å². The quantitative estimate of drug-likeness (QED) is 0.658. The largest absolute Gasteiger partial charge is 0.465 e. The zero-order chi connectivity index (χ0) is 18.4. The Balaban J connectivity index is 1.70. The zero-order valence-electron chi connectivity index (χ0n) is 14.7. The van der Waals surface area contributed by atoms with Crippen molar-refractivity contribution in [3.05, 3.63) is 77.5 Å². The summed E-state index contributed by atoms with van der Waals surface area (Å²) in [5.41, 5.74) is 3.31. The second-order valence-corrected chi connectivity index (χ2v) is 5.75. The van der Waals surface area contributed by atoms with Crippen LogP contribution in [0.2, 0.25) is 0 Å². The van der Waals surface area contributed by atoms with Crippen LogP contribution in [-0.4, -0.2) is 23.0 Å². The topological polar surface area (TPSA) is 76.1 Å². The SMILES string of the molecule is COC(=O)c1ccc(Nc2nc(C)cc(NCc3ccccc3)n2)cc1. The minimum absolute atomic E-state index is 0.365. The minimum atomic E-state index is -0.365. The lowest BCUT2D eigenvalue weighted by Gasteiger charge is -2.10. The van der Waals surface area contributed by atoms with E-state index in [4.69, 9.17) is 4.74 Å². The van der Waals surface area contributed by atoms with Crippen LogP contribution in [0, 0.1) is 6.92 Å². The Kier molecular flexibility index (Phi) is 5.43. The summed E-state index contributed by atoms with van der Waals surface area (Å²) in [6.07, 6.45) is 0. The van der Waals surface area contributed by atoms with Gasteiger partial charge in [0.05, 0.1) is 12.7 Å². The lowest BCUT2D eigenvalue weighted by atomic mass is 10.2. The number of carbonyl (C=O) groups excluding carboxylic acids is 1. The van der Waals surface area contributed by atoms with Crippen LogP contribution in [0.5, 0.6) is 0 Å². The average molecular weight is 348 g/mol. The van der Waals surface area contributed by atoms with Crippen molar-refractivity contribution in [1.82, 2.24) is 9.97 Å². The second-order valence-electron chi connectivity index (χ2n) is 5.75. The van der Waals surface area contributed by atoms with Gasteiger partial charge in [0, 0.05) is 24.0 Å². The van der Waals surface area contributed by atoms with E-state index < -0.39 is 0 Å². The molecular weight excluding hydrogens is 328 g/mol. The Hall–Kier alpha value is -3.41. The molecule has 0 radical (unpaired) electrons. The first-order valence-corrected chi connectivity index (χ1v) is 8.23. The molecule has 0 saturated carbocycles. The lowest BCUT2D eigenvalue weighted by molar-refractivity contribution is 0.0601. The van der Waals surface area contributed by atoms with Crippen molar-refractivity contribution in [3.63, 3.8) is 0 Å². The van der Waals surface area contributed by atoms with Gasteiger partial charge >= 0.3 is 5.97 Å². The van der Waals surface area contributed by atoms with Gasteiger partial charge in [0.15, 0.2) is 0 Å². The Bertz CT molecular complexity index is 880. The minimum Gasteiger partial charge on any atom is -0.465 e. The van der Waals surface area contributed by atoms with E-state index in [1.54, 1.807) is 24.3 Å². The fourth-order valence-electron chi connectivity index (χ4n) is 2.44. The first-order valence-electron chi connectivity index (χ1n) is 8.23. The Labute approximate surface area is 152 Å². The number of hydrogen-bond donors (Lipinski definition) is 2.